The van der Waals surface area contributed by atoms with Crippen LogP contribution in [0.3, 0.4) is 0 Å². The molecule has 1 amide bonds. The summed E-state index contributed by atoms with van der Waals surface area (Å²) < 4.78 is 5.92. The van der Waals surface area contributed by atoms with Gasteiger partial charge in [-0.15, -0.1) is 0 Å². The topological polar surface area (TPSA) is 41.6 Å². The van der Waals surface area contributed by atoms with E-state index >= 15 is 0 Å². The lowest BCUT2D eigenvalue weighted by molar-refractivity contribution is -0.118. The van der Waals surface area contributed by atoms with Crippen molar-refractivity contribution in [2.24, 2.45) is 0 Å². The van der Waals surface area contributed by atoms with Gasteiger partial charge in [-0.25, -0.2) is 0 Å². The fraction of sp³-hybridized carbons (Fsp3) is 0.235. The predicted molar refractivity (Wildman–Crippen MR) is 82.8 cm³/mol. The van der Waals surface area contributed by atoms with Crippen LogP contribution in [0.4, 0.5) is 5.69 Å². The van der Waals surface area contributed by atoms with Crippen LogP contribution in [-0.2, 0) is 4.79 Å². The molecular formula is C17H18N2O2. The van der Waals surface area contributed by atoms with E-state index in [1.165, 1.54) is 0 Å². The summed E-state index contributed by atoms with van der Waals surface area (Å²) in [6.45, 7) is 0.708. The van der Waals surface area contributed by atoms with E-state index in [0.717, 1.165) is 17.9 Å². The summed E-state index contributed by atoms with van der Waals surface area (Å²) in [5, 5.41) is 3.05. The Balaban J connectivity index is 1.88. The number of ether oxygens (including phenoxy) is 1. The van der Waals surface area contributed by atoms with Crippen LogP contribution < -0.4 is 15.0 Å². The molecule has 1 N–H and O–H groups in total. The predicted octanol–water partition coefficient (Wildman–Crippen LogP) is 2.80. The third-order valence-corrected chi connectivity index (χ3v) is 3.68. The first-order chi connectivity index (χ1) is 10.3. The third kappa shape index (κ3) is 2.76. The zero-order valence-corrected chi connectivity index (χ0v) is 12.0. The molecule has 1 aliphatic heterocycles. The summed E-state index contributed by atoms with van der Waals surface area (Å²) in [5.41, 5.74) is 0.823. The smallest absolute Gasteiger partial charge is 0.244 e. The SMILES string of the molecule is CNC1CCN(c2ccccc2Oc2ccccc2)C1=O. The van der Waals surface area contributed by atoms with Gasteiger partial charge < -0.3 is 15.0 Å². The van der Waals surface area contributed by atoms with Gasteiger partial charge in [0.05, 0.1) is 11.7 Å². The summed E-state index contributed by atoms with van der Waals surface area (Å²) in [5.74, 6) is 1.57. The summed E-state index contributed by atoms with van der Waals surface area (Å²) in [7, 11) is 1.82. The van der Waals surface area contributed by atoms with Crippen LogP contribution in [-0.4, -0.2) is 25.5 Å². The van der Waals surface area contributed by atoms with Gasteiger partial charge >= 0.3 is 0 Å². The Morgan fingerprint density at radius 2 is 1.81 bits per heavy atom. The Bertz CT molecular complexity index is 628. The maximum Gasteiger partial charge on any atom is 0.244 e. The average molecular weight is 282 g/mol. The van der Waals surface area contributed by atoms with Crippen molar-refractivity contribution in [2.75, 3.05) is 18.5 Å². The number of benzene rings is 2. The lowest BCUT2D eigenvalue weighted by Crippen LogP contribution is -2.36. The molecule has 1 aliphatic rings. The number of nitrogens with zero attached hydrogens (tertiary/aromatic N) is 1. The normalized spacial score (nSPS) is 18.0. The summed E-state index contributed by atoms with van der Waals surface area (Å²) in [6.07, 6.45) is 0.814. The second-order valence-electron chi connectivity index (χ2n) is 5.00. The molecule has 108 valence electrons. The van der Waals surface area contributed by atoms with Gasteiger partial charge in [0.15, 0.2) is 5.75 Å². The highest BCUT2D eigenvalue weighted by Gasteiger charge is 2.32. The highest BCUT2D eigenvalue weighted by Crippen LogP contribution is 2.34. The van der Waals surface area contributed by atoms with E-state index in [9.17, 15) is 4.79 Å². The first-order valence-corrected chi connectivity index (χ1v) is 7.10. The Morgan fingerprint density at radius 3 is 2.52 bits per heavy atom. The van der Waals surface area contributed by atoms with Crippen molar-refractivity contribution in [2.45, 2.75) is 12.5 Å². The number of para-hydroxylation sites is 3. The van der Waals surface area contributed by atoms with E-state index < -0.39 is 0 Å². The first-order valence-electron chi connectivity index (χ1n) is 7.10. The number of rotatable bonds is 4. The van der Waals surface area contributed by atoms with Gasteiger partial charge in [0, 0.05) is 6.54 Å². The van der Waals surface area contributed by atoms with Crippen molar-refractivity contribution < 1.29 is 9.53 Å². The Labute approximate surface area is 124 Å². The lowest BCUT2D eigenvalue weighted by atomic mass is 10.2. The molecule has 2 aromatic carbocycles. The molecule has 0 aromatic heterocycles. The summed E-state index contributed by atoms with van der Waals surface area (Å²) >= 11 is 0. The van der Waals surface area contributed by atoms with E-state index in [0.29, 0.717) is 12.3 Å². The van der Waals surface area contributed by atoms with Crippen molar-refractivity contribution in [3.05, 3.63) is 54.6 Å². The summed E-state index contributed by atoms with van der Waals surface area (Å²) in [4.78, 5) is 14.1. The standard InChI is InChI=1S/C17H18N2O2/c1-18-14-11-12-19(17(14)20)15-9-5-6-10-16(15)21-13-7-3-2-4-8-13/h2-10,14,18H,11-12H2,1H3. The quantitative estimate of drug-likeness (QED) is 0.937. The number of likely N-dealkylation sites (N-methyl/N-ethyl adjacent to an activating group) is 1. The number of nitrogens with one attached hydrogen (secondary N) is 1. The van der Waals surface area contributed by atoms with Gasteiger partial charge in [-0.3, -0.25) is 4.79 Å². The van der Waals surface area contributed by atoms with Crippen LogP contribution in [0.15, 0.2) is 54.6 Å². The minimum Gasteiger partial charge on any atom is -0.455 e. The van der Waals surface area contributed by atoms with Crippen molar-refractivity contribution in [3.63, 3.8) is 0 Å². The molecule has 2 aromatic rings. The molecule has 1 heterocycles. The van der Waals surface area contributed by atoms with Crippen molar-refractivity contribution in [1.29, 1.82) is 0 Å². The van der Waals surface area contributed by atoms with Gasteiger partial charge in [0.25, 0.3) is 0 Å². The molecular weight excluding hydrogens is 264 g/mol. The molecule has 0 aliphatic carbocycles. The zero-order valence-electron chi connectivity index (χ0n) is 12.0. The fourth-order valence-corrected chi connectivity index (χ4v) is 2.57. The molecule has 0 radical (unpaired) electrons. The molecule has 1 unspecified atom stereocenters. The number of hydrogen-bond acceptors (Lipinski definition) is 3. The highest BCUT2D eigenvalue weighted by atomic mass is 16.5. The number of hydrogen-bond donors (Lipinski definition) is 1. The minimum absolute atomic E-state index is 0.0987. The van der Waals surface area contributed by atoms with Gasteiger partial charge in [-0.1, -0.05) is 30.3 Å². The van der Waals surface area contributed by atoms with Gasteiger partial charge in [0.1, 0.15) is 5.75 Å². The van der Waals surface area contributed by atoms with Gasteiger partial charge in [-0.2, -0.15) is 0 Å². The van der Waals surface area contributed by atoms with Crippen molar-refractivity contribution >= 4 is 11.6 Å². The number of carbonyl (C=O) groups excluding carboxylic acids is 1. The van der Waals surface area contributed by atoms with Crippen molar-refractivity contribution in [1.82, 2.24) is 5.32 Å². The zero-order chi connectivity index (χ0) is 14.7. The van der Waals surface area contributed by atoms with E-state index in [2.05, 4.69) is 5.32 Å². The van der Waals surface area contributed by atoms with E-state index in [-0.39, 0.29) is 11.9 Å². The third-order valence-electron chi connectivity index (χ3n) is 3.68. The average Bonchev–Trinajstić information content (AvgIpc) is 2.90. The molecule has 0 spiro atoms. The number of anilines is 1. The largest absolute Gasteiger partial charge is 0.455 e. The van der Waals surface area contributed by atoms with Crippen molar-refractivity contribution in [3.8, 4) is 11.5 Å². The maximum absolute atomic E-state index is 12.3. The molecule has 21 heavy (non-hydrogen) atoms. The second kappa shape index (κ2) is 5.97. The molecule has 1 fully saturated rings. The Hall–Kier alpha value is -2.33. The molecule has 4 nitrogen and oxygen atoms in total. The van der Waals surface area contributed by atoms with E-state index in [4.69, 9.17) is 4.74 Å². The summed E-state index contributed by atoms with van der Waals surface area (Å²) in [6, 6.07) is 17.2. The second-order valence-corrected chi connectivity index (χ2v) is 5.00. The number of carbonyl (C=O) groups is 1. The van der Waals surface area contributed by atoms with Gasteiger partial charge in [0.2, 0.25) is 5.91 Å². The van der Waals surface area contributed by atoms with Crippen LogP contribution in [0.25, 0.3) is 0 Å². The van der Waals surface area contributed by atoms with Crippen LogP contribution in [0.5, 0.6) is 11.5 Å². The fourth-order valence-electron chi connectivity index (χ4n) is 2.57. The van der Waals surface area contributed by atoms with Crippen LogP contribution in [0.1, 0.15) is 6.42 Å². The van der Waals surface area contributed by atoms with Gasteiger partial charge in [-0.05, 0) is 37.7 Å². The molecule has 4 heteroatoms. The number of amides is 1. The first kappa shape index (κ1) is 13.6. The maximum atomic E-state index is 12.3. The minimum atomic E-state index is -0.102. The monoisotopic (exact) mass is 282 g/mol. The van der Waals surface area contributed by atoms with Crippen LogP contribution in [0, 0.1) is 0 Å². The molecule has 3 rings (SSSR count). The molecule has 1 atom stereocenters. The highest BCUT2D eigenvalue weighted by molar-refractivity contribution is 6.00. The molecule has 0 bridgehead atoms. The molecule has 1 saturated heterocycles. The van der Waals surface area contributed by atoms with Crippen LogP contribution >= 0.6 is 0 Å². The lowest BCUT2D eigenvalue weighted by Gasteiger charge is -2.20. The molecule has 0 saturated carbocycles. The Kier molecular flexibility index (Phi) is 3.88. The van der Waals surface area contributed by atoms with E-state index in [1.54, 1.807) is 4.90 Å². The van der Waals surface area contributed by atoms with E-state index in [1.807, 2.05) is 61.6 Å². The Morgan fingerprint density at radius 1 is 1.10 bits per heavy atom. The van der Waals surface area contributed by atoms with Crippen LogP contribution in [0.2, 0.25) is 0 Å².